The van der Waals surface area contributed by atoms with Crippen LogP contribution in [0, 0.1) is 0 Å². The SMILES string of the molecule is [N-]=[N+]=Nc1cc(S(=O)(=O)Cl)c2ccccc2c1O. The van der Waals surface area contributed by atoms with Gasteiger partial charge in [-0.25, -0.2) is 8.42 Å². The van der Waals surface area contributed by atoms with Crippen LogP contribution in [0.15, 0.2) is 40.3 Å². The van der Waals surface area contributed by atoms with Crippen molar-refractivity contribution in [2.45, 2.75) is 4.90 Å². The number of fused-ring (bicyclic) bond motifs is 1. The zero-order valence-corrected chi connectivity index (χ0v) is 10.4. The summed E-state index contributed by atoms with van der Waals surface area (Å²) in [6.45, 7) is 0. The van der Waals surface area contributed by atoms with Crippen LogP contribution in [0.3, 0.4) is 0 Å². The average molecular weight is 284 g/mol. The number of halogens is 1. The molecule has 0 fully saturated rings. The van der Waals surface area contributed by atoms with Gasteiger partial charge in [-0.2, -0.15) is 0 Å². The smallest absolute Gasteiger partial charge is 0.261 e. The van der Waals surface area contributed by atoms with Gasteiger partial charge in [-0.3, -0.25) is 0 Å². The molecule has 0 atom stereocenters. The minimum absolute atomic E-state index is 0.185. The van der Waals surface area contributed by atoms with E-state index in [1.165, 1.54) is 12.1 Å². The van der Waals surface area contributed by atoms with Crippen LogP contribution in [0.25, 0.3) is 21.2 Å². The number of rotatable bonds is 2. The predicted octanol–water partition coefficient (Wildman–Crippen LogP) is 3.41. The lowest BCUT2D eigenvalue weighted by molar-refractivity contribution is 0.482. The molecule has 2 aromatic carbocycles. The normalized spacial score (nSPS) is 11.2. The van der Waals surface area contributed by atoms with E-state index in [1.54, 1.807) is 12.1 Å². The van der Waals surface area contributed by atoms with Gasteiger partial charge in [-0.1, -0.05) is 29.4 Å². The van der Waals surface area contributed by atoms with Crippen LogP contribution in [-0.2, 0) is 9.05 Å². The van der Waals surface area contributed by atoms with Crippen molar-refractivity contribution in [3.8, 4) is 5.75 Å². The first kappa shape index (κ1) is 12.5. The zero-order chi connectivity index (χ0) is 13.3. The van der Waals surface area contributed by atoms with E-state index in [4.69, 9.17) is 16.2 Å². The van der Waals surface area contributed by atoms with Crippen LogP contribution in [0.4, 0.5) is 5.69 Å². The molecule has 0 bridgehead atoms. The maximum Gasteiger partial charge on any atom is 0.261 e. The van der Waals surface area contributed by atoms with E-state index in [9.17, 15) is 13.5 Å². The monoisotopic (exact) mass is 283 g/mol. The Kier molecular flexibility index (Phi) is 3.04. The fourth-order valence-corrected chi connectivity index (χ4v) is 2.71. The van der Waals surface area contributed by atoms with Gasteiger partial charge < -0.3 is 5.11 Å². The van der Waals surface area contributed by atoms with Crippen molar-refractivity contribution in [2.24, 2.45) is 5.11 Å². The molecule has 8 heteroatoms. The Hall–Kier alpha value is -1.95. The van der Waals surface area contributed by atoms with Crippen LogP contribution in [0.2, 0.25) is 0 Å². The summed E-state index contributed by atoms with van der Waals surface area (Å²) in [5.74, 6) is -0.285. The summed E-state index contributed by atoms with van der Waals surface area (Å²) in [5, 5.41) is 13.6. The molecule has 0 unspecified atom stereocenters. The minimum atomic E-state index is -4.01. The van der Waals surface area contributed by atoms with Crippen molar-refractivity contribution in [2.75, 3.05) is 0 Å². The topological polar surface area (TPSA) is 103 Å². The van der Waals surface area contributed by atoms with Crippen molar-refractivity contribution >= 4 is 36.2 Å². The highest BCUT2D eigenvalue weighted by molar-refractivity contribution is 8.14. The molecule has 0 heterocycles. The maximum absolute atomic E-state index is 11.5. The van der Waals surface area contributed by atoms with Crippen LogP contribution >= 0.6 is 10.7 Å². The van der Waals surface area contributed by atoms with Gasteiger partial charge in [0.25, 0.3) is 9.05 Å². The molecule has 2 aromatic rings. The number of aromatic hydroxyl groups is 1. The highest BCUT2D eigenvalue weighted by Crippen LogP contribution is 2.39. The van der Waals surface area contributed by atoms with Gasteiger partial charge in [0, 0.05) is 26.4 Å². The number of hydrogen-bond donors (Lipinski definition) is 1. The van der Waals surface area contributed by atoms with Crippen molar-refractivity contribution in [3.63, 3.8) is 0 Å². The molecule has 92 valence electrons. The fourth-order valence-electron chi connectivity index (χ4n) is 1.64. The lowest BCUT2D eigenvalue weighted by atomic mass is 10.1. The standard InChI is InChI=1S/C10H6ClN3O3S/c11-18(16,17)9-5-8(13-14-12)10(15)7-4-2-1-3-6(7)9/h1-5,15H. The summed E-state index contributed by atoms with van der Waals surface area (Å²) in [5.41, 5.74) is 8.19. The van der Waals surface area contributed by atoms with Crippen molar-refractivity contribution < 1.29 is 13.5 Å². The van der Waals surface area contributed by atoms with E-state index >= 15 is 0 Å². The van der Waals surface area contributed by atoms with Gasteiger partial charge in [0.2, 0.25) is 0 Å². The van der Waals surface area contributed by atoms with Gasteiger partial charge in [-0.05, 0) is 11.6 Å². The Labute approximate surface area is 106 Å². The third-order valence-corrected chi connectivity index (χ3v) is 3.74. The third-order valence-electron chi connectivity index (χ3n) is 2.37. The van der Waals surface area contributed by atoms with E-state index in [-0.39, 0.29) is 27.1 Å². The molecule has 6 nitrogen and oxygen atoms in total. The molecule has 0 spiro atoms. The molecule has 0 aliphatic heterocycles. The summed E-state index contributed by atoms with van der Waals surface area (Å²) in [6.07, 6.45) is 0. The van der Waals surface area contributed by atoms with Gasteiger partial charge in [-0.15, -0.1) is 0 Å². The molecule has 0 saturated carbocycles. The number of benzene rings is 2. The highest BCUT2D eigenvalue weighted by atomic mass is 35.7. The van der Waals surface area contributed by atoms with E-state index in [1.807, 2.05) is 0 Å². The number of nitrogens with zero attached hydrogens (tertiary/aromatic N) is 3. The Balaban J connectivity index is 3.03. The summed E-state index contributed by atoms with van der Waals surface area (Å²) in [4.78, 5) is 2.32. The highest BCUT2D eigenvalue weighted by Gasteiger charge is 2.18. The molecule has 0 aromatic heterocycles. The molecule has 0 aliphatic carbocycles. The molecule has 0 aliphatic rings. The molecule has 0 amide bonds. The minimum Gasteiger partial charge on any atom is -0.507 e. The lowest BCUT2D eigenvalue weighted by Gasteiger charge is -2.07. The summed E-state index contributed by atoms with van der Waals surface area (Å²) >= 11 is 0. The molecular weight excluding hydrogens is 278 g/mol. The second kappa shape index (κ2) is 4.38. The van der Waals surface area contributed by atoms with Crippen LogP contribution in [-0.4, -0.2) is 13.5 Å². The van der Waals surface area contributed by atoms with E-state index in [2.05, 4.69) is 10.0 Å². The van der Waals surface area contributed by atoms with Gasteiger partial charge >= 0.3 is 0 Å². The zero-order valence-electron chi connectivity index (χ0n) is 8.78. The van der Waals surface area contributed by atoms with E-state index in [0.29, 0.717) is 0 Å². The number of azide groups is 1. The molecule has 0 saturated heterocycles. The first-order chi connectivity index (χ1) is 8.45. The van der Waals surface area contributed by atoms with Crippen LogP contribution in [0.5, 0.6) is 5.75 Å². The Morgan fingerprint density at radius 3 is 2.44 bits per heavy atom. The Morgan fingerprint density at radius 1 is 1.28 bits per heavy atom. The Bertz CT molecular complexity index is 782. The fraction of sp³-hybridized carbons (Fsp3) is 0. The first-order valence-corrected chi connectivity index (χ1v) is 7.00. The second-order valence-corrected chi connectivity index (χ2v) is 5.95. The van der Waals surface area contributed by atoms with Crippen molar-refractivity contribution in [1.29, 1.82) is 0 Å². The van der Waals surface area contributed by atoms with Crippen LogP contribution in [0.1, 0.15) is 0 Å². The van der Waals surface area contributed by atoms with Crippen molar-refractivity contribution in [3.05, 3.63) is 40.8 Å². The molecular formula is C10H6ClN3O3S. The quantitative estimate of drug-likeness (QED) is 0.395. The molecule has 1 N–H and O–H groups in total. The number of phenolic OH excluding ortho intramolecular Hbond substituents is 1. The number of hydrogen-bond acceptors (Lipinski definition) is 4. The molecule has 0 radical (unpaired) electrons. The molecule has 18 heavy (non-hydrogen) atoms. The van der Waals surface area contributed by atoms with Gasteiger partial charge in [0.05, 0.1) is 10.6 Å². The van der Waals surface area contributed by atoms with Gasteiger partial charge in [0.15, 0.2) is 0 Å². The molecule has 2 rings (SSSR count). The first-order valence-electron chi connectivity index (χ1n) is 4.69. The van der Waals surface area contributed by atoms with Crippen LogP contribution < -0.4 is 0 Å². The number of phenols is 1. The van der Waals surface area contributed by atoms with E-state index < -0.39 is 9.05 Å². The third kappa shape index (κ3) is 2.06. The Morgan fingerprint density at radius 2 is 1.89 bits per heavy atom. The van der Waals surface area contributed by atoms with Crippen molar-refractivity contribution in [1.82, 2.24) is 0 Å². The van der Waals surface area contributed by atoms with Gasteiger partial charge in [0.1, 0.15) is 5.75 Å². The largest absolute Gasteiger partial charge is 0.507 e. The summed E-state index contributed by atoms with van der Waals surface area (Å²) in [7, 11) is 1.31. The average Bonchev–Trinajstić information content (AvgIpc) is 2.31. The predicted molar refractivity (Wildman–Crippen MR) is 67.5 cm³/mol. The lowest BCUT2D eigenvalue weighted by Crippen LogP contribution is -1.92. The van der Waals surface area contributed by atoms with E-state index in [0.717, 1.165) is 6.07 Å². The maximum atomic E-state index is 11.5. The second-order valence-electron chi connectivity index (χ2n) is 3.42. The summed E-state index contributed by atoms with van der Waals surface area (Å²) in [6, 6.07) is 7.28. The summed E-state index contributed by atoms with van der Waals surface area (Å²) < 4.78 is 22.9.